The molecule has 0 radical (unpaired) electrons. The normalized spacial score (nSPS) is 11.0. The molecule has 0 aliphatic carbocycles. The van der Waals surface area contributed by atoms with Crippen LogP contribution in [0.15, 0.2) is 54.6 Å². The smallest absolute Gasteiger partial charge is 0.128 e. The van der Waals surface area contributed by atoms with Gasteiger partial charge in [-0.1, -0.05) is 50.2 Å². The second-order valence-electron chi connectivity index (χ2n) is 5.60. The quantitative estimate of drug-likeness (QED) is 0.621. The van der Waals surface area contributed by atoms with Crippen molar-refractivity contribution in [2.45, 2.75) is 33.2 Å². The summed E-state index contributed by atoms with van der Waals surface area (Å²) in [5.74, 6) is 1.00. The van der Waals surface area contributed by atoms with Gasteiger partial charge in [-0.05, 0) is 36.6 Å². The summed E-state index contributed by atoms with van der Waals surface area (Å²) >= 11 is 0. The Labute approximate surface area is 132 Å². The van der Waals surface area contributed by atoms with Crippen LogP contribution in [0.2, 0.25) is 0 Å². The van der Waals surface area contributed by atoms with E-state index in [1.807, 2.05) is 0 Å². The van der Waals surface area contributed by atoms with Crippen LogP contribution in [0.25, 0.3) is 10.9 Å². The number of rotatable bonds is 6. The Morgan fingerprint density at radius 3 is 2.50 bits per heavy atom. The minimum Gasteiger partial charge on any atom is -0.493 e. The first kappa shape index (κ1) is 14.7. The number of aromatic nitrogens is 1. The zero-order valence-corrected chi connectivity index (χ0v) is 13.4. The van der Waals surface area contributed by atoms with Crippen LogP contribution in [-0.2, 0) is 13.0 Å². The summed E-state index contributed by atoms with van der Waals surface area (Å²) in [5.41, 5.74) is 3.94. The number of fused-ring (bicyclic) bond motifs is 1. The summed E-state index contributed by atoms with van der Waals surface area (Å²) in [6, 6.07) is 19.3. The van der Waals surface area contributed by atoms with Gasteiger partial charge in [-0.2, -0.15) is 0 Å². The molecule has 22 heavy (non-hydrogen) atoms. The average molecular weight is 293 g/mol. The van der Waals surface area contributed by atoms with Gasteiger partial charge in [0.25, 0.3) is 0 Å². The van der Waals surface area contributed by atoms with Crippen molar-refractivity contribution >= 4 is 10.9 Å². The highest BCUT2D eigenvalue weighted by Gasteiger charge is 2.11. The van der Waals surface area contributed by atoms with Crippen molar-refractivity contribution in [2.75, 3.05) is 6.61 Å². The lowest BCUT2D eigenvalue weighted by atomic mass is 10.2. The molecule has 0 unspecified atom stereocenters. The number of hydrogen-bond donors (Lipinski definition) is 0. The highest BCUT2D eigenvalue weighted by molar-refractivity contribution is 5.87. The molecule has 0 spiro atoms. The van der Waals surface area contributed by atoms with E-state index in [-0.39, 0.29) is 0 Å². The second-order valence-corrected chi connectivity index (χ2v) is 5.60. The summed E-state index contributed by atoms with van der Waals surface area (Å²) in [4.78, 5) is 0. The van der Waals surface area contributed by atoms with E-state index in [1.165, 1.54) is 22.2 Å². The molecule has 2 nitrogen and oxygen atoms in total. The number of hydrogen-bond acceptors (Lipinski definition) is 1. The van der Waals surface area contributed by atoms with Crippen LogP contribution in [0.3, 0.4) is 0 Å². The SMILES string of the molecule is CCCOc1cccc2c1cc(CC)n2Cc1ccccc1. The van der Waals surface area contributed by atoms with E-state index in [2.05, 4.69) is 73.0 Å². The molecule has 0 fully saturated rings. The molecule has 0 saturated heterocycles. The van der Waals surface area contributed by atoms with Crippen LogP contribution < -0.4 is 4.74 Å². The molecule has 0 saturated carbocycles. The van der Waals surface area contributed by atoms with Crippen molar-refractivity contribution in [1.82, 2.24) is 4.57 Å². The molecule has 1 heterocycles. The van der Waals surface area contributed by atoms with E-state index in [4.69, 9.17) is 4.74 Å². The average Bonchev–Trinajstić information content (AvgIpc) is 2.92. The third kappa shape index (κ3) is 2.87. The highest BCUT2D eigenvalue weighted by atomic mass is 16.5. The van der Waals surface area contributed by atoms with Crippen LogP contribution in [-0.4, -0.2) is 11.2 Å². The van der Waals surface area contributed by atoms with Gasteiger partial charge in [0.05, 0.1) is 12.1 Å². The van der Waals surface area contributed by atoms with Crippen LogP contribution in [0.1, 0.15) is 31.5 Å². The Morgan fingerprint density at radius 1 is 0.955 bits per heavy atom. The molecule has 2 aromatic carbocycles. The first-order valence-electron chi connectivity index (χ1n) is 8.11. The van der Waals surface area contributed by atoms with E-state index in [0.29, 0.717) is 0 Å². The topological polar surface area (TPSA) is 14.2 Å². The summed E-state index contributed by atoms with van der Waals surface area (Å²) < 4.78 is 8.32. The predicted molar refractivity (Wildman–Crippen MR) is 92.6 cm³/mol. The minimum atomic E-state index is 0.768. The molecule has 0 aliphatic heterocycles. The van der Waals surface area contributed by atoms with Crippen molar-refractivity contribution in [3.8, 4) is 5.75 Å². The van der Waals surface area contributed by atoms with Gasteiger partial charge in [0.1, 0.15) is 5.75 Å². The Bertz CT molecular complexity index is 743. The van der Waals surface area contributed by atoms with Gasteiger partial charge in [0, 0.05) is 17.6 Å². The number of benzene rings is 2. The van der Waals surface area contributed by atoms with Gasteiger partial charge in [0.15, 0.2) is 0 Å². The highest BCUT2D eigenvalue weighted by Crippen LogP contribution is 2.30. The first-order valence-corrected chi connectivity index (χ1v) is 8.11. The summed E-state index contributed by atoms with van der Waals surface area (Å²) in [5, 5.41) is 1.23. The largest absolute Gasteiger partial charge is 0.493 e. The van der Waals surface area contributed by atoms with Crippen molar-refractivity contribution in [1.29, 1.82) is 0 Å². The number of aryl methyl sites for hydroxylation is 1. The second kappa shape index (κ2) is 6.69. The summed E-state index contributed by atoms with van der Waals surface area (Å²) in [6.07, 6.45) is 2.05. The van der Waals surface area contributed by atoms with Gasteiger partial charge in [-0.15, -0.1) is 0 Å². The fourth-order valence-electron chi connectivity index (χ4n) is 2.90. The van der Waals surface area contributed by atoms with Crippen LogP contribution >= 0.6 is 0 Å². The lowest BCUT2D eigenvalue weighted by molar-refractivity contribution is 0.321. The van der Waals surface area contributed by atoms with Crippen molar-refractivity contribution in [3.05, 3.63) is 65.9 Å². The van der Waals surface area contributed by atoms with Crippen LogP contribution in [0.5, 0.6) is 5.75 Å². The van der Waals surface area contributed by atoms with E-state index >= 15 is 0 Å². The van der Waals surface area contributed by atoms with Gasteiger partial charge in [-0.25, -0.2) is 0 Å². The fourth-order valence-corrected chi connectivity index (χ4v) is 2.90. The van der Waals surface area contributed by atoms with E-state index in [0.717, 1.165) is 31.7 Å². The molecule has 114 valence electrons. The predicted octanol–water partition coefficient (Wildman–Crippen LogP) is 5.04. The lowest BCUT2D eigenvalue weighted by Crippen LogP contribution is -2.03. The van der Waals surface area contributed by atoms with Gasteiger partial charge < -0.3 is 9.30 Å². The van der Waals surface area contributed by atoms with Crippen molar-refractivity contribution in [3.63, 3.8) is 0 Å². The van der Waals surface area contributed by atoms with Gasteiger partial charge >= 0.3 is 0 Å². The zero-order chi connectivity index (χ0) is 15.4. The molecular formula is C20H23NO. The Kier molecular flexibility index (Phi) is 4.47. The molecule has 2 heteroatoms. The van der Waals surface area contributed by atoms with Crippen molar-refractivity contribution < 1.29 is 4.74 Å². The standard InChI is InChI=1S/C20H23NO/c1-3-13-22-20-12-8-11-19-18(20)14-17(4-2)21(19)15-16-9-6-5-7-10-16/h5-12,14H,3-4,13,15H2,1-2H3. The Morgan fingerprint density at radius 2 is 1.77 bits per heavy atom. The summed E-state index contributed by atoms with van der Waals surface area (Å²) in [7, 11) is 0. The van der Waals surface area contributed by atoms with E-state index < -0.39 is 0 Å². The maximum atomic E-state index is 5.92. The zero-order valence-electron chi connectivity index (χ0n) is 13.4. The molecule has 3 aromatic rings. The van der Waals surface area contributed by atoms with Crippen LogP contribution in [0.4, 0.5) is 0 Å². The maximum Gasteiger partial charge on any atom is 0.128 e. The van der Waals surface area contributed by atoms with Gasteiger partial charge in [0.2, 0.25) is 0 Å². The van der Waals surface area contributed by atoms with Crippen LogP contribution in [0, 0.1) is 0 Å². The Hall–Kier alpha value is -2.22. The number of nitrogens with zero attached hydrogens (tertiary/aromatic N) is 1. The minimum absolute atomic E-state index is 0.768. The molecular weight excluding hydrogens is 270 g/mol. The third-order valence-electron chi connectivity index (χ3n) is 4.00. The molecule has 0 atom stereocenters. The fraction of sp³-hybridized carbons (Fsp3) is 0.300. The molecule has 3 rings (SSSR count). The first-order chi connectivity index (χ1) is 10.8. The Balaban J connectivity index is 2.05. The maximum absolute atomic E-state index is 5.92. The monoisotopic (exact) mass is 293 g/mol. The molecule has 0 aliphatic rings. The molecule has 0 N–H and O–H groups in total. The van der Waals surface area contributed by atoms with E-state index in [1.54, 1.807) is 0 Å². The number of ether oxygens (including phenoxy) is 1. The molecule has 0 amide bonds. The summed E-state index contributed by atoms with van der Waals surface area (Å²) in [6.45, 7) is 6.02. The van der Waals surface area contributed by atoms with E-state index in [9.17, 15) is 0 Å². The van der Waals surface area contributed by atoms with Gasteiger partial charge in [-0.3, -0.25) is 0 Å². The molecule has 0 bridgehead atoms. The lowest BCUT2D eigenvalue weighted by Gasteiger charge is -2.11. The third-order valence-corrected chi connectivity index (χ3v) is 4.00. The van der Waals surface area contributed by atoms with Crippen molar-refractivity contribution in [2.24, 2.45) is 0 Å². The molecule has 1 aromatic heterocycles.